The molecular formula is C11H23NO2. The predicted molar refractivity (Wildman–Crippen MR) is 57.4 cm³/mol. The van der Waals surface area contributed by atoms with Crippen molar-refractivity contribution in [3.05, 3.63) is 0 Å². The highest BCUT2D eigenvalue weighted by Crippen LogP contribution is 2.23. The van der Waals surface area contributed by atoms with Gasteiger partial charge in [0.15, 0.2) is 0 Å². The van der Waals surface area contributed by atoms with Crippen molar-refractivity contribution in [1.29, 1.82) is 0 Å². The zero-order valence-corrected chi connectivity index (χ0v) is 9.58. The van der Waals surface area contributed by atoms with Crippen molar-refractivity contribution in [3.63, 3.8) is 0 Å². The molecule has 0 aromatic heterocycles. The van der Waals surface area contributed by atoms with Crippen LogP contribution in [0.15, 0.2) is 0 Å². The Balaban J connectivity index is 2.34. The molecule has 84 valence electrons. The number of nitrogens with one attached hydrogen (secondary N) is 1. The van der Waals surface area contributed by atoms with Crippen LogP contribution in [0.1, 0.15) is 19.8 Å². The molecule has 1 rings (SSSR count). The molecule has 3 atom stereocenters. The number of hydrogen-bond acceptors (Lipinski definition) is 3. The van der Waals surface area contributed by atoms with Gasteiger partial charge in [0.2, 0.25) is 0 Å². The van der Waals surface area contributed by atoms with Crippen molar-refractivity contribution < 1.29 is 9.47 Å². The smallest absolute Gasteiger partial charge is 0.0510 e. The first-order chi connectivity index (χ1) is 6.79. The summed E-state index contributed by atoms with van der Waals surface area (Å²) in [7, 11) is 3.81. The molecular weight excluding hydrogens is 178 g/mol. The van der Waals surface area contributed by atoms with E-state index in [9.17, 15) is 0 Å². The number of ether oxygens (including phenoxy) is 2. The lowest BCUT2D eigenvalue weighted by Crippen LogP contribution is -2.39. The molecule has 0 aliphatic carbocycles. The first-order valence-corrected chi connectivity index (χ1v) is 5.53. The third-order valence-corrected chi connectivity index (χ3v) is 3.20. The zero-order chi connectivity index (χ0) is 10.4. The van der Waals surface area contributed by atoms with Gasteiger partial charge in [-0.05, 0) is 25.8 Å². The molecule has 0 bridgehead atoms. The van der Waals surface area contributed by atoms with Crippen LogP contribution < -0.4 is 5.32 Å². The number of rotatable bonds is 6. The zero-order valence-electron chi connectivity index (χ0n) is 9.58. The Hall–Kier alpha value is -0.120. The molecule has 0 saturated carbocycles. The largest absolute Gasteiger partial charge is 0.385 e. The Labute approximate surface area is 87.2 Å². The van der Waals surface area contributed by atoms with Crippen LogP contribution in [-0.4, -0.2) is 40.0 Å². The molecule has 14 heavy (non-hydrogen) atoms. The normalized spacial score (nSPS) is 26.4. The van der Waals surface area contributed by atoms with E-state index < -0.39 is 0 Å². The SMILES string of the molecule is CNC(C(C)CCOC)C1CCOC1. The van der Waals surface area contributed by atoms with Crippen LogP contribution in [0.4, 0.5) is 0 Å². The van der Waals surface area contributed by atoms with Gasteiger partial charge in [0.05, 0.1) is 6.61 Å². The Morgan fingerprint density at radius 2 is 2.36 bits per heavy atom. The topological polar surface area (TPSA) is 30.5 Å². The van der Waals surface area contributed by atoms with Crippen LogP contribution in [0.5, 0.6) is 0 Å². The van der Waals surface area contributed by atoms with Crippen LogP contribution in [0.3, 0.4) is 0 Å². The molecule has 1 fully saturated rings. The maximum absolute atomic E-state index is 5.42. The fraction of sp³-hybridized carbons (Fsp3) is 1.00. The Bertz CT molecular complexity index is 146. The molecule has 1 aliphatic heterocycles. The second kappa shape index (κ2) is 6.38. The molecule has 3 unspecified atom stereocenters. The maximum atomic E-state index is 5.42. The summed E-state index contributed by atoms with van der Waals surface area (Å²) in [5, 5.41) is 3.42. The summed E-state index contributed by atoms with van der Waals surface area (Å²) >= 11 is 0. The van der Waals surface area contributed by atoms with E-state index in [1.54, 1.807) is 7.11 Å². The van der Waals surface area contributed by atoms with Gasteiger partial charge in [-0.3, -0.25) is 0 Å². The van der Waals surface area contributed by atoms with E-state index in [1.807, 2.05) is 7.05 Å². The fourth-order valence-corrected chi connectivity index (χ4v) is 2.30. The van der Waals surface area contributed by atoms with Crippen LogP contribution in [0.25, 0.3) is 0 Å². The van der Waals surface area contributed by atoms with E-state index in [-0.39, 0.29) is 0 Å². The van der Waals surface area contributed by atoms with Crippen LogP contribution in [0, 0.1) is 11.8 Å². The van der Waals surface area contributed by atoms with E-state index in [2.05, 4.69) is 12.2 Å². The summed E-state index contributed by atoms with van der Waals surface area (Å²) in [5.74, 6) is 1.35. The fourth-order valence-electron chi connectivity index (χ4n) is 2.30. The molecule has 1 aliphatic rings. The summed E-state index contributed by atoms with van der Waals surface area (Å²) in [6, 6.07) is 0.577. The lowest BCUT2D eigenvalue weighted by molar-refractivity contribution is 0.145. The summed E-state index contributed by atoms with van der Waals surface area (Å²) in [6.45, 7) is 4.99. The monoisotopic (exact) mass is 201 g/mol. The van der Waals surface area contributed by atoms with Gasteiger partial charge in [-0.1, -0.05) is 6.92 Å². The first kappa shape index (κ1) is 12.0. The number of methoxy groups -OCH3 is 1. The molecule has 0 aromatic carbocycles. The van der Waals surface area contributed by atoms with Crippen molar-refractivity contribution in [1.82, 2.24) is 5.32 Å². The molecule has 0 aromatic rings. The van der Waals surface area contributed by atoms with E-state index >= 15 is 0 Å². The minimum atomic E-state index is 0.577. The molecule has 0 spiro atoms. The molecule has 1 saturated heterocycles. The first-order valence-electron chi connectivity index (χ1n) is 5.53. The molecule has 3 heteroatoms. The lowest BCUT2D eigenvalue weighted by atomic mass is 9.87. The highest BCUT2D eigenvalue weighted by atomic mass is 16.5. The molecule has 0 amide bonds. The van der Waals surface area contributed by atoms with Crippen LogP contribution in [-0.2, 0) is 9.47 Å². The van der Waals surface area contributed by atoms with Gasteiger partial charge in [-0.15, -0.1) is 0 Å². The maximum Gasteiger partial charge on any atom is 0.0510 e. The van der Waals surface area contributed by atoms with E-state index in [4.69, 9.17) is 9.47 Å². The van der Waals surface area contributed by atoms with Crippen LogP contribution >= 0.6 is 0 Å². The third kappa shape index (κ3) is 3.23. The van der Waals surface area contributed by atoms with Crippen LogP contribution in [0.2, 0.25) is 0 Å². The average Bonchev–Trinajstić information content (AvgIpc) is 2.69. The quantitative estimate of drug-likeness (QED) is 0.702. The average molecular weight is 201 g/mol. The Morgan fingerprint density at radius 1 is 1.57 bits per heavy atom. The van der Waals surface area contributed by atoms with Gasteiger partial charge in [0.25, 0.3) is 0 Å². The van der Waals surface area contributed by atoms with Gasteiger partial charge in [-0.25, -0.2) is 0 Å². The summed E-state index contributed by atoms with van der Waals surface area (Å²) in [4.78, 5) is 0. The highest BCUT2D eigenvalue weighted by Gasteiger charge is 2.28. The molecule has 1 N–H and O–H groups in total. The van der Waals surface area contributed by atoms with E-state index in [0.29, 0.717) is 17.9 Å². The van der Waals surface area contributed by atoms with E-state index in [0.717, 1.165) is 26.2 Å². The predicted octanol–water partition coefficient (Wildman–Crippen LogP) is 1.28. The van der Waals surface area contributed by atoms with Gasteiger partial charge in [-0.2, -0.15) is 0 Å². The summed E-state index contributed by atoms with van der Waals surface area (Å²) in [5.41, 5.74) is 0. The Morgan fingerprint density at radius 3 is 2.86 bits per heavy atom. The molecule has 1 heterocycles. The minimum Gasteiger partial charge on any atom is -0.385 e. The highest BCUT2D eigenvalue weighted by molar-refractivity contribution is 4.82. The van der Waals surface area contributed by atoms with Crippen molar-refractivity contribution >= 4 is 0 Å². The summed E-state index contributed by atoms with van der Waals surface area (Å²) in [6.07, 6.45) is 2.32. The second-order valence-corrected chi connectivity index (χ2v) is 4.20. The molecule has 0 radical (unpaired) electrons. The van der Waals surface area contributed by atoms with Gasteiger partial charge in [0, 0.05) is 32.3 Å². The lowest BCUT2D eigenvalue weighted by Gasteiger charge is -2.28. The van der Waals surface area contributed by atoms with Gasteiger partial charge >= 0.3 is 0 Å². The van der Waals surface area contributed by atoms with Crippen molar-refractivity contribution in [3.8, 4) is 0 Å². The summed E-state index contributed by atoms with van der Waals surface area (Å²) < 4.78 is 10.5. The van der Waals surface area contributed by atoms with Gasteiger partial charge < -0.3 is 14.8 Å². The number of hydrogen-bond donors (Lipinski definition) is 1. The van der Waals surface area contributed by atoms with E-state index in [1.165, 1.54) is 6.42 Å². The Kier molecular flexibility index (Phi) is 5.45. The minimum absolute atomic E-state index is 0.577. The van der Waals surface area contributed by atoms with Crippen molar-refractivity contribution in [2.24, 2.45) is 11.8 Å². The second-order valence-electron chi connectivity index (χ2n) is 4.20. The third-order valence-electron chi connectivity index (χ3n) is 3.20. The van der Waals surface area contributed by atoms with Crippen molar-refractivity contribution in [2.75, 3.05) is 34.0 Å². The van der Waals surface area contributed by atoms with Gasteiger partial charge in [0.1, 0.15) is 0 Å². The molecule has 3 nitrogen and oxygen atoms in total. The van der Waals surface area contributed by atoms with Crippen molar-refractivity contribution in [2.45, 2.75) is 25.8 Å². The standard InChI is InChI=1S/C11H23NO2/c1-9(4-6-13-3)11(12-2)10-5-7-14-8-10/h9-12H,4-8H2,1-3H3.